The van der Waals surface area contributed by atoms with Gasteiger partial charge in [-0.25, -0.2) is 9.59 Å². The molecule has 4 nitrogen and oxygen atoms in total. The van der Waals surface area contributed by atoms with E-state index in [1.165, 1.54) is 6.08 Å². The van der Waals surface area contributed by atoms with Gasteiger partial charge in [0.15, 0.2) is 0 Å². The van der Waals surface area contributed by atoms with E-state index in [4.69, 9.17) is 9.47 Å². The summed E-state index contributed by atoms with van der Waals surface area (Å²) in [5, 5.41) is 0. The highest BCUT2D eigenvalue weighted by molar-refractivity contribution is 14.1. The van der Waals surface area contributed by atoms with Crippen LogP contribution in [0.2, 0.25) is 0 Å². The third-order valence-electron chi connectivity index (χ3n) is 2.20. The zero-order valence-corrected chi connectivity index (χ0v) is 13.0. The van der Waals surface area contributed by atoms with Crippen molar-refractivity contribution in [1.29, 1.82) is 0 Å². The second-order valence-corrected chi connectivity index (χ2v) is 4.68. The van der Waals surface area contributed by atoms with Gasteiger partial charge in [-0.3, -0.25) is 0 Å². The summed E-state index contributed by atoms with van der Waals surface area (Å²) < 4.78 is 10.7. The van der Waals surface area contributed by atoms with Crippen molar-refractivity contribution in [2.45, 2.75) is 13.8 Å². The maximum absolute atomic E-state index is 11.8. The first kappa shape index (κ1) is 15.7. The lowest BCUT2D eigenvalue weighted by Crippen LogP contribution is -2.18. The predicted octanol–water partition coefficient (Wildman–Crippen LogP) is 2.80. The third kappa shape index (κ3) is 4.66. The van der Waals surface area contributed by atoms with Crippen LogP contribution in [0.5, 0.6) is 0 Å². The van der Waals surface area contributed by atoms with Gasteiger partial charge in [0.1, 0.15) is 5.57 Å². The van der Waals surface area contributed by atoms with Crippen molar-refractivity contribution in [3.8, 4) is 0 Å². The number of ether oxygens (including phenoxy) is 2. The maximum Gasteiger partial charge on any atom is 0.345 e. The van der Waals surface area contributed by atoms with Crippen molar-refractivity contribution >= 4 is 40.6 Å². The van der Waals surface area contributed by atoms with Gasteiger partial charge in [0.05, 0.1) is 13.2 Å². The van der Waals surface area contributed by atoms with Gasteiger partial charge in [-0.05, 0) is 54.1 Å². The molecule has 19 heavy (non-hydrogen) atoms. The number of hydrogen-bond acceptors (Lipinski definition) is 4. The standard InChI is InChI=1S/C14H15IO4/c1-3-18-13(16)11(14(17)19-4-2)9-10-7-5-6-8-12(10)15/h5-9H,3-4H2,1-2H3. The molecule has 0 saturated heterocycles. The van der Waals surface area contributed by atoms with Crippen molar-refractivity contribution in [2.75, 3.05) is 13.2 Å². The van der Waals surface area contributed by atoms with Crippen LogP contribution in [0.3, 0.4) is 0 Å². The molecule has 0 unspecified atom stereocenters. The molecule has 0 N–H and O–H groups in total. The summed E-state index contributed by atoms with van der Waals surface area (Å²) in [4.78, 5) is 23.6. The Labute approximate surface area is 125 Å². The summed E-state index contributed by atoms with van der Waals surface area (Å²) in [6.45, 7) is 3.79. The van der Waals surface area contributed by atoms with Gasteiger partial charge in [0.2, 0.25) is 0 Å². The first-order valence-corrected chi connectivity index (χ1v) is 6.98. The third-order valence-corrected chi connectivity index (χ3v) is 3.18. The molecule has 0 spiro atoms. The SMILES string of the molecule is CCOC(=O)C(=Cc1ccccc1I)C(=O)OCC. The summed E-state index contributed by atoms with van der Waals surface area (Å²) in [7, 11) is 0. The van der Waals surface area contributed by atoms with Gasteiger partial charge in [0.25, 0.3) is 0 Å². The monoisotopic (exact) mass is 374 g/mol. The van der Waals surface area contributed by atoms with Gasteiger partial charge in [-0.15, -0.1) is 0 Å². The number of carbonyl (C=O) groups is 2. The number of carbonyl (C=O) groups excluding carboxylic acids is 2. The fraction of sp³-hybridized carbons (Fsp3) is 0.286. The van der Waals surface area contributed by atoms with Crippen molar-refractivity contribution in [2.24, 2.45) is 0 Å². The molecule has 102 valence electrons. The Kier molecular flexibility index (Phi) is 6.55. The fourth-order valence-electron chi connectivity index (χ4n) is 1.37. The van der Waals surface area contributed by atoms with E-state index in [1.807, 2.05) is 24.3 Å². The van der Waals surface area contributed by atoms with Crippen LogP contribution in [-0.4, -0.2) is 25.2 Å². The van der Waals surface area contributed by atoms with Crippen LogP contribution >= 0.6 is 22.6 Å². The Morgan fingerprint density at radius 2 is 1.63 bits per heavy atom. The lowest BCUT2D eigenvalue weighted by atomic mass is 10.1. The molecule has 1 rings (SSSR count). The van der Waals surface area contributed by atoms with Crippen LogP contribution < -0.4 is 0 Å². The van der Waals surface area contributed by atoms with E-state index in [9.17, 15) is 9.59 Å². The topological polar surface area (TPSA) is 52.6 Å². The number of halogens is 1. The molecule has 0 aliphatic rings. The Morgan fingerprint density at radius 3 is 2.11 bits per heavy atom. The number of benzene rings is 1. The lowest BCUT2D eigenvalue weighted by molar-refractivity contribution is -0.146. The van der Waals surface area contributed by atoms with Gasteiger partial charge in [-0.1, -0.05) is 18.2 Å². The Balaban J connectivity index is 3.12. The Bertz CT molecular complexity index is 474. The molecule has 0 bridgehead atoms. The van der Waals surface area contributed by atoms with Crippen LogP contribution in [0.25, 0.3) is 6.08 Å². The summed E-state index contributed by atoms with van der Waals surface area (Å²) in [6, 6.07) is 7.43. The Hall–Kier alpha value is -1.37. The molecule has 0 fully saturated rings. The van der Waals surface area contributed by atoms with Gasteiger partial charge in [-0.2, -0.15) is 0 Å². The number of hydrogen-bond donors (Lipinski definition) is 0. The summed E-state index contributed by atoms with van der Waals surface area (Å²) in [5.74, 6) is -1.33. The molecule has 0 amide bonds. The van der Waals surface area contributed by atoms with Gasteiger partial charge >= 0.3 is 11.9 Å². The minimum atomic E-state index is -0.666. The van der Waals surface area contributed by atoms with Gasteiger partial charge < -0.3 is 9.47 Å². The average molecular weight is 374 g/mol. The molecule has 0 aliphatic carbocycles. The van der Waals surface area contributed by atoms with Crippen molar-refractivity contribution in [3.05, 3.63) is 39.0 Å². The molecule has 0 saturated carbocycles. The summed E-state index contributed by atoms with van der Waals surface area (Å²) in [6.07, 6.45) is 1.50. The van der Waals surface area contributed by atoms with Crippen LogP contribution in [0.1, 0.15) is 19.4 Å². The molecule has 5 heteroatoms. The maximum atomic E-state index is 11.8. The average Bonchev–Trinajstić information content (AvgIpc) is 2.38. The second kappa shape index (κ2) is 7.93. The van der Waals surface area contributed by atoms with Crippen LogP contribution in [0, 0.1) is 3.57 Å². The highest BCUT2D eigenvalue weighted by atomic mass is 127. The zero-order valence-electron chi connectivity index (χ0n) is 10.8. The zero-order chi connectivity index (χ0) is 14.3. The minimum absolute atomic E-state index is 0.0900. The number of esters is 2. The smallest absolute Gasteiger partial charge is 0.345 e. The molecule has 0 heterocycles. The normalized spacial score (nSPS) is 9.63. The van der Waals surface area contributed by atoms with E-state index >= 15 is 0 Å². The van der Waals surface area contributed by atoms with E-state index in [-0.39, 0.29) is 18.8 Å². The van der Waals surface area contributed by atoms with Crippen LogP contribution in [0.4, 0.5) is 0 Å². The number of rotatable bonds is 5. The fourth-order valence-corrected chi connectivity index (χ4v) is 1.91. The molecule has 0 aliphatic heterocycles. The quantitative estimate of drug-likeness (QED) is 0.262. The van der Waals surface area contributed by atoms with E-state index in [0.29, 0.717) is 0 Å². The van der Waals surface area contributed by atoms with Crippen LogP contribution in [-0.2, 0) is 19.1 Å². The molecule has 0 radical (unpaired) electrons. The largest absolute Gasteiger partial charge is 0.462 e. The van der Waals surface area contributed by atoms with E-state index < -0.39 is 11.9 Å². The van der Waals surface area contributed by atoms with Crippen molar-refractivity contribution in [1.82, 2.24) is 0 Å². The highest BCUT2D eigenvalue weighted by Crippen LogP contribution is 2.16. The molecule has 0 aromatic heterocycles. The molecular weight excluding hydrogens is 359 g/mol. The Morgan fingerprint density at radius 1 is 1.11 bits per heavy atom. The molecule has 0 atom stereocenters. The van der Waals surface area contributed by atoms with Crippen molar-refractivity contribution < 1.29 is 19.1 Å². The second-order valence-electron chi connectivity index (χ2n) is 3.52. The van der Waals surface area contributed by atoms with Gasteiger partial charge in [0, 0.05) is 3.57 Å². The molecule has 1 aromatic carbocycles. The van der Waals surface area contributed by atoms with Crippen LogP contribution in [0.15, 0.2) is 29.8 Å². The first-order valence-electron chi connectivity index (χ1n) is 5.90. The van der Waals surface area contributed by atoms with Crippen molar-refractivity contribution in [3.63, 3.8) is 0 Å². The van der Waals surface area contributed by atoms with E-state index in [0.717, 1.165) is 9.13 Å². The molecular formula is C14H15IO4. The molecule has 1 aromatic rings. The summed E-state index contributed by atoms with van der Waals surface area (Å²) >= 11 is 2.13. The predicted molar refractivity (Wildman–Crippen MR) is 80.4 cm³/mol. The summed E-state index contributed by atoms with van der Waals surface area (Å²) in [5.41, 5.74) is 0.687. The highest BCUT2D eigenvalue weighted by Gasteiger charge is 2.21. The minimum Gasteiger partial charge on any atom is -0.462 e. The van der Waals surface area contributed by atoms with E-state index in [1.54, 1.807) is 13.8 Å². The van der Waals surface area contributed by atoms with E-state index in [2.05, 4.69) is 22.6 Å². The first-order chi connectivity index (χ1) is 9.10. The lowest BCUT2D eigenvalue weighted by Gasteiger charge is -2.07.